The van der Waals surface area contributed by atoms with Gasteiger partial charge in [0.25, 0.3) is 0 Å². The summed E-state index contributed by atoms with van der Waals surface area (Å²) in [7, 11) is 3.41. The van der Waals surface area contributed by atoms with Crippen LogP contribution >= 0.6 is 0 Å². The zero-order valence-corrected chi connectivity index (χ0v) is 30.5. The molecule has 2 aliphatic rings. The Morgan fingerprint density at radius 3 is 1.67 bits per heavy atom. The van der Waals surface area contributed by atoms with E-state index < -0.39 is 0 Å². The van der Waals surface area contributed by atoms with E-state index >= 15 is 0 Å². The molecule has 6 aromatic rings. The van der Waals surface area contributed by atoms with Crippen molar-refractivity contribution in [1.29, 1.82) is 0 Å². The van der Waals surface area contributed by atoms with Crippen molar-refractivity contribution >= 4 is 49.3 Å². The molecule has 2 fully saturated rings. The topological polar surface area (TPSA) is 74.8 Å². The predicted octanol–water partition coefficient (Wildman–Crippen LogP) is 10.4. The Hall–Kier alpha value is -4.49. The van der Waals surface area contributed by atoms with Gasteiger partial charge in [-0.05, 0) is 79.5 Å². The molecule has 0 radical (unpaired) electrons. The summed E-state index contributed by atoms with van der Waals surface area (Å²) in [5, 5.41) is 16.7. The van der Waals surface area contributed by atoms with E-state index in [4.69, 9.17) is 14.2 Å². The molecule has 0 atom stereocenters. The first kappa shape index (κ1) is 34.9. The number of ether oxygens (including phenoxy) is 3. The first-order valence-electron chi connectivity index (χ1n) is 19.0. The highest BCUT2D eigenvalue weighted by molar-refractivity contribution is 6.12. The molecule has 8 rings (SSSR count). The summed E-state index contributed by atoms with van der Waals surface area (Å²) in [5.41, 5.74) is 3.91. The SMILES string of the molecule is CCOC(=O)c1cc2c(OC)cc3ccccc3c2n1CC1CCCCC1.COc1cc2ccccc2c2c1cc(CO)n2CC1CCCCC1. The number of carbonyl (C=O) groups is 1. The Morgan fingerprint density at radius 1 is 0.667 bits per heavy atom. The van der Waals surface area contributed by atoms with Gasteiger partial charge in [-0.1, -0.05) is 87.1 Å². The summed E-state index contributed by atoms with van der Waals surface area (Å²) in [4.78, 5) is 12.7. The Balaban J connectivity index is 0.000000160. The number of esters is 1. The van der Waals surface area contributed by atoms with E-state index in [0.29, 0.717) is 24.1 Å². The minimum atomic E-state index is -0.254. The third-order valence-corrected chi connectivity index (χ3v) is 11.2. The lowest BCUT2D eigenvalue weighted by atomic mass is 9.89. The molecule has 4 aromatic carbocycles. The minimum Gasteiger partial charge on any atom is -0.496 e. The van der Waals surface area contributed by atoms with E-state index in [-0.39, 0.29) is 12.6 Å². The van der Waals surface area contributed by atoms with Crippen LogP contribution in [0, 0.1) is 11.8 Å². The van der Waals surface area contributed by atoms with Crippen molar-refractivity contribution < 1.29 is 24.1 Å². The number of hydrogen-bond acceptors (Lipinski definition) is 5. The van der Waals surface area contributed by atoms with Gasteiger partial charge >= 0.3 is 5.97 Å². The Kier molecular flexibility index (Phi) is 10.8. The molecular formula is C44H52N2O5. The maximum Gasteiger partial charge on any atom is 0.354 e. The van der Waals surface area contributed by atoms with Crippen LogP contribution in [0.15, 0.2) is 72.8 Å². The average molecular weight is 689 g/mol. The third-order valence-electron chi connectivity index (χ3n) is 11.2. The molecule has 7 nitrogen and oxygen atoms in total. The number of benzene rings is 4. The van der Waals surface area contributed by atoms with Crippen LogP contribution < -0.4 is 9.47 Å². The number of fused-ring (bicyclic) bond motifs is 6. The Bertz CT molecular complexity index is 2130. The number of nitrogens with zero attached hydrogens (tertiary/aromatic N) is 2. The fourth-order valence-corrected chi connectivity index (χ4v) is 8.72. The van der Waals surface area contributed by atoms with Gasteiger partial charge in [-0.2, -0.15) is 0 Å². The Morgan fingerprint density at radius 2 is 1.16 bits per heavy atom. The Labute approximate surface area is 301 Å². The smallest absolute Gasteiger partial charge is 0.354 e. The van der Waals surface area contributed by atoms with Crippen molar-refractivity contribution in [3.05, 3.63) is 84.2 Å². The van der Waals surface area contributed by atoms with Crippen LogP contribution in [-0.4, -0.2) is 41.0 Å². The maximum absolute atomic E-state index is 12.7. The maximum atomic E-state index is 12.7. The summed E-state index contributed by atoms with van der Waals surface area (Å²) in [6.07, 6.45) is 13.0. The molecule has 2 heterocycles. The molecule has 2 saturated carbocycles. The van der Waals surface area contributed by atoms with E-state index in [1.165, 1.54) is 80.5 Å². The molecular weight excluding hydrogens is 636 g/mol. The zero-order chi connectivity index (χ0) is 35.3. The van der Waals surface area contributed by atoms with Crippen LogP contribution in [0.2, 0.25) is 0 Å². The van der Waals surface area contributed by atoms with Gasteiger partial charge in [0.15, 0.2) is 0 Å². The second kappa shape index (κ2) is 15.8. The van der Waals surface area contributed by atoms with E-state index in [2.05, 4.69) is 69.8 Å². The van der Waals surface area contributed by atoms with Crippen molar-refractivity contribution in [1.82, 2.24) is 9.13 Å². The van der Waals surface area contributed by atoms with E-state index in [9.17, 15) is 9.90 Å². The van der Waals surface area contributed by atoms with Gasteiger partial charge in [0, 0.05) is 40.3 Å². The summed E-state index contributed by atoms with van der Waals surface area (Å²) >= 11 is 0. The lowest BCUT2D eigenvalue weighted by molar-refractivity contribution is 0.0512. The molecule has 2 aliphatic carbocycles. The van der Waals surface area contributed by atoms with Crippen LogP contribution in [-0.2, 0) is 24.4 Å². The summed E-state index contributed by atoms with van der Waals surface area (Å²) < 4.78 is 21.2. The van der Waals surface area contributed by atoms with Crippen LogP contribution in [0.3, 0.4) is 0 Å². The first-order valence-corrected chi connectivity index (χ1v) is 19.0. The molecule has 0 saturated heterocycles. The largest absolute Gasteiger partial charge is 0.496 e. The standard InChI is InChI=1S/C23H27NO3.C21H25NO2/c1-3-27-23(25)20-14-19-21(26-2)13-17-11-7-8-12-18(17)22(19)24(20)15-16-9-5-4-6-10-16;1-24-20-11-16-9-5-6-10-18(16)21-19(20)12-17(14-23)22(21)13-15-7-3-2-4-8-15/h7-8,11-14,16H,3-6,9-10,15H2,1-2H3;5-6,9-12,15,23H,2-4,7-8,13-14H2,1H3. The van der Waals surface area contributed by atoms with Crippen LogP contribution in [0.1, 0.15) is 87.3 Å². The van der Waals surface area contributed by atoms with Crippen LogP contribution in [0.4, 0.5) is 0 Å². The summed E-state index contributed by atoms with van der Waals surface area (Å²) in [6.45, 7) is 4.15. The molecule has 268 valence electrons. The molecule has 7 heteroatoms. The highest BCUT2D eigenvalue weighted by atomic mass is 16.5. The fraction of sp³-hybridized carbons (Fsp3) is 0.432. The van der Waals surface area contributed by atoms with Crippen LogP contribution in [0.25, 0.3) is 43.4 Å². The number of aliphatic hydroxyl groups is 1. The predicted molar refractivity (Wildman–Crippen MR) is 207 cm³/mol. The van der Waals surface area contributed by atoms with E-state index in [1.54, 1.807) is 14.2 Å². The number of aliphatic hydroxyl groups excluding tert-OH is 1. The molecule has 51 heavy (non-hydrogen) atoms. The van der Waals surface area contributed by atoms with Crippen LogP contribution in [0.5, 0.6) is 11.5 Å². The summed E-state index contributed by atoms with van der Waals surface area (Å²) in [5.74, 6) is 2.75. The minimum absolute atomic E-state index is 0.0683. The van der Waals surface area contributed by atoms with Gasteiger partial charge in [-0.15, -0.1) is 0 Å². The monoisotopic (exact) mass is 688 g/mol. The van der Waals surface area contributed by atoms with Gasteiger partial charge < -0.3 is 28.5 Å². The molecule has 0 unspecified atom stereocenters. The second-order valence-corrected chi connectivity index (χ2v) is 14.4. The molecule has 0 spiro atoms. The fourth-order valence-electron chi connectivity index (χ4n) is 8.72. The second-order valence-electron chi connectivity index (χ2n) is 14.4. The third kappa shape index (κ3) is 7.05. The molecule has 0 aliphatic heterocycles. The van der Waals surface area contributed by atoms with Gasteiger partial charge in [0.05, 0.1) is 38.5 Å². The van der Waals surface area contributed by atoms with Crippen molar-refractivity contribution in [3.8, 4) is 11.5 Å². The highest BCUT2D eigenvalue weighted by Crippen LogP contribution is 2.39. The van der Waals surface area contributed by atoms with Crippen molar-refractivity contribution in [2.45, 2.75) is 90.8 Å². The number of rotatable bonds is 9. The van der Waals surface area contributed by atoms with Gasteiger partial charge in [0.2, 0.25) is 0 Å². The van der Waals surface area contributed by atoms with Gasteiger partial charge in [-0.25, -0.2) is 4.79 Å². The number of hydrogen-bond donors (Lipinski definition) is 1. The number of methoxy groups -OCH3 is 2. The van der Waals surface area contributed by atoms with Gasteiger partial charge in [0.1, 0.15) is 17.2 Å². The van der Waals surface area contributed by atoms with Crippen molar-refractivity contribution in [2.75, 3.05) is 20.8 Å². The average Bonchev–Trinajstić information content (AvgIpc) is 3.74. The van der Waals surface area contributed by atoms with E-state index in [0.717, 1.165) is 57.3 Å². The highest BCUT2D eigenvalue weighted by Gasteiger charge is 2.24. The molecule has 1 N–H and O–H groups in total. The van der Waals surface area contributed by atoms with Crippen molar-refractivity contribution in [2.24, 2.45) is 11.8 Å². The number of carbonyl (C=O) groups excluding carboxylic acids is 1. The normalized spacial score (nSPS) is 15.7. The molecule has 0 amide bonds. The first-order chi connectivity index (χ1) is 25.0. The zero-order valence-electron chi connectivity index (χ0n) is 30.5. The quantitative estimate of drug-likeness (QED) is 0.153. The molecule has 0 bridgehead atoms. The number of aromatic nitrogens is 2. The van der Waals surface area contributed by atoms with E-state index in [1.807, 2.05) is 19.1 Å². The summed E-state index contributed by atoms with van der Waals surface area (Å²) in [6, 6.07) is 25.0. The van der Waals surface area contributed by atoms with Crippen molar-refractivity contribution in [3.63, 3.8) is 0 Å². The lowest BCUT2D eigenvalue weighted by Gasteiger charge is -2.24. The van der Waals surface area contributed by atoms with Gasteiger partial charge in [-0.3, -0.25) is 0 Å². The lowest BCUT2D eigenvalue weighted by Crippen LogP contribution is -2.18. The molecule has 2 aromatic heterocycles.